The Morgan fingerprint density at radius 1 is 1.00 bits per heavy atom. The van der Waals surface area contributed by atoms with Crippen molar-refractivity contribution in [1.29, 1.82) is 0 Å². The maximum atomic E-state index is 5.43. The number of piperazine rings is 1. The van der Waals surface area contributed by atoms with E-state index in [1.807, 2.05) is 12.3 Å². The SMILES string of the molecule is CC1CN(c2ccnc(N3CCOCC3)n2)CCN1Cc1ccccc1. The summed E-state index contributed by atoms with van der Waals surface area (Å²) < 4.78 is 5.43. The predicted molar refractivity (Wildman–Crippen MR) is 104 cm³/mol. The molecule has 1 aromatic heterocycles. The topological polar surface area (TPSA) is 44.7 Å². The summed E-state index contributed by atoms with van der Waals surface area (Å²) in [5, 5.41) is 0. The first-order valence-electron chi connectivity index (χ1n) is 9.48. The zero-order valence-electron chi connectivity index (χ0n) is 15.4. The highest BCUT2D eigenvalue weighted by Crippen LogP contribution is 2.21. The fraction of sp³-hybridized carbons (Fsp3) is 0.500. The molecule has 0 spiro atoms. The van der Waals surface area contributed by atoms with E-state index in [1.165, 1.54) is 5.56 Å². The summed E-state index contributed by atoms with van der Waals surface area (Å²) in [6, 6.07) is 13.2. The Balaban J connectivity index is 1.40. The third-order valence-corrected chi connectivity index (χ3v) is 5.24. The van der Waals surface area contributed by atoms with Crippen molar-refractivity contribution in [3.8, 4) is 0 Å². The highest BCUT2D eigenvalue weighted by Gasteiger charge is 2.25. The number of ether oxygens (including phenoxy) is 1. The molecule has 0 radical (unpaired) electrons. The molecule has 6 heteroatoms. The summed E-state index contributed by atoms with van der Waals surface area (Å²) in [4.78, 5) is 16.4. The molecule has 2 fully saturated rings. The van der Waals surface area contributed by atoms with Crippen molar-refractivity contribution in [3.63, 3.8) is 0 Å². The molecule has 2 saturated heterocycles. The molecule has 4 rings (SSSR count). The summed E-state index contributed by atoms with van der Waals surface area (Å²) >= 11 is 0. The van der Waals surface area contributed by atoms with Gasteiger partial charge in [-0.1, -0.05) is 30.3 Å². The van der Waals surface area contributed by atoms with E-state index in [9.17, 15) is 0 Å². The predicted octanol–water partition coefficient (Wildman–Crippen LogP) is 2.02. The molecular formula is C20H27N5O. The molecule has 0 amide bonds. The van der Waals surface area contributed by atoms with Crippen LogP contribution in [0.25, 0.3) is 0 Å². The second-order valence-electron chi connectivity index (χ2n) is 7.07. The molecule has 1 atom stereocenters. The molecule has 2 aliphatic heterocycles. The minimum Gasteiger partial charge on any atom is -0.378 e. The Kier molecular flexibility index (Phi) is 5.32. The molecular weight excluding hydrogens is 326 g/mol. The molecule has 6 nitrogen and oxygen atoms in total. The van der Waals surface area contributed by atoms with Gasteiger partial charge in [-0.05, 0) is 18.6 Å². The van der Waals surface area contributed by atoms with E-state index < -0.39 is 0 Å². The number of rotatable bonds is 4. The summed E-state index contributed by atoms with van der Waals surface area (Å²) in [7, 11) is 0. The van der Waals surface area contributed by atoms with Crippen molar-refractivity contribution in [2.24, 2.45) is 0 Å². The summed E-state index contributed by atoms with van der Waals surface area (Å²) in [6.45, 7) is 9.59. The molecule has 0 N–H and O–H groups in total. The zero-order valence-corrected chi connectivity index (χ0v) is 15.4. The Morgan fingerprint density at radius 2 is 1.81 bits per heavy atom. The molecule has 3 heterocycles. The van der Waals surface area contributed by atoms with Crippen molar-refractivity contribution >= 4 is 11.8 Å². The van der Waals surface area contributed by atoms with Crippen LogP contribution in [0.3, 0.4) is 0 Å². The first-order chi connectivity index (χ1) is 12.8. The van der Waals surface area contributed by atoms with E-state index in [0.717, 1.165) is 64.2 Å². The van der Waals surface area contributed by atoms with Crippen LogP contribution in [0.2, 0.25) is 0 Å². The molecule has 1 unspecified atom stereocenters. The van der Waals surface area contributed by atoms with Crippen LogP contribution in [0.4, 0.5) is 11.8 Å². The molecule has 0 aliphatic carbocycles. The maximum absolute atomic E-state index is 5.43. The van der Waals surface area contributed by atoms with Gasteiger partial charge in [-0.15, -0.1) is 0 Å². The van der Waals surface area contributed by atoms with Gasteiger partial charge >= 0.3 is 0 Å². The zero-order chi connectivity index (χ0) is 17.8. The first-order valence-corrected chi connectivity index (χ1v) is 9.48. The first kappa shape index (κ1) is 17.2. The maximum Gasteiger partial charge on any atom is 0.227 e. The normalized spacial score (nSPS) is 21.8. The van der Waals surface area contributed by atoms with Crippen LogP contribution in [0, 0.1) is 0 Å². The van der Waals surface area contributed by atoms with Crippen molar-refractivity contribution in [3.05, 3.63) is 48.2 Å². The Hall–Kier alpha value is -2.18. The molecule has 0 saturated carbocycles. The molecule has 138 valence electrons. The van der Waals surface area contributed by atoms with Crippen molar-refractivity contribution in [1.82, 2.24) is 14.9 Å². The smallest absolute Gasteiger partial charge is 0.227 e. The van der Waals surface area contributed by atoms with Crippen molar-refractivity contribution < 1.29 is 4.74 Å². The molecule has 2 aromatic rings. The number of hydrogen-bond donors (Lipinski definition) is 0. The fourth-order valence-electron chi connectivity index (χ4n) is 3.69. The van der Waals surface area contributed by atoms with Gasteiger partial charge in [0.25, 0.3) is 0 Å². The van der Waals surface area contributed by atoms with Crippen LogP contribution >= 0.6 is 0 Å². The Labute approximate surface area is 155 Å². The minimum absolute atomic E-state index is 0.491. The summed E-state index contributed by atoms with van der Waals surface area (Å²) in [5.74, 6) is 1.86. The van der Waals surface area contributed by atoms with E-state index in [0.29, 0.717) is 6.04 Å². The number of hydrogen-bond acceptors (Lipinski definition) is 6. The quantitative estimate of drug-likeness (QED) is 0.838. The van der Waals surface area contributed by atoms with Gasteiger partial charge in [0.05, 0.1) is 13.2 Å². The lowest BCUT2D eigenvalue weighted by molar-refractivity contribution is 0.122. The number of morpholine rings is 1. The molecule has 2 aliphatic rings. The van der Waals surface area contributed by atoms with Gasteiger partial charge in [0.1, 0.15) is 5.82 Å². The van der Waals surface area contributed by atoms with Gasteiger partial charge < -0.3 is 14.5 Å². The Morgan fingerprint density at radius 3 is 2.58 bits per heavy atom. The molecule has 26 heavy (non-hydrogen) atoms. The van der Waals surface area contributed by atoms with Gasteiger partial charge in [0.15, 0.2) is 0 Å². The van der Waals surface area contributed by atoms with Crippen LogP contribution in [-0.2, 0) is 11.3 Å². The van der Waals surface area contributed by atoms with Gasteiger partial charge in [-0.3, -0.25) is 4.90 Å². The number of aromatic nitrogens is 2. The number of benzene rings is 1. The lowest BCUT2D eigenvalue weighted by atomic mass is 10.1. The second kappa shape index (κ2) is 8.01. The minimum atomic E-state index is 0.491. The van der Waals surface area contributed by atoms with Crippen LogP contribution in [-0.4, -0.2) is 66.8 Å². The largest absolute Gasteiger partial charge is 0.378 e. The van der Waals surface area contributed by atoms with Crippen LogP contribution in [0.5, 0.6) is 0 Å². The average molecular weight is 353 g/mol. The lowest BCUT2D eigenvalue weighted by Crippen LogP contribution is -2.51. The second-order valence-corrected chi connectivity index (χ2v) is 7.07. The van der Waals surface area contributed by atoms with E-state index in [4.69, 9.17) is 9.72 Å². The van der Waals surface area contributed by atoms with Crippen molar-refractivity contribution in [2.45, 2.75) is 19.5 Å². The standard InChI is InChI=1S/C20H27N5O/c1-17-15-25(10-9-24(17)16-18-5-3-2-4-6-18)19-7-8-21-20(22-19)23-11-13-26-14-12-23/h2-8,17H,9-16H2,1H3. The van der Waals surface area contributed by atoms with E-state index >= 15 is 0 Å². The van der Waals surface area contributed by atoms with Gasteiger partial charge in [0, 0.05) is 51.5 Å². The van der Waals surface area contributed by atoms with E-state index in [-0.39, 0.29) is 0 Å². The van der Waals surface area contributed by atoms with Gasteiger partial charge in [-0.25, -0.2) is 4.98 Å². The van der Waals surface area contributed by atoms with E-state index in [1.54, 1.807) is 0 Å². The lowest BCUT2D eigenvalue weighted by Gasteiger charge is -2.40. The highest BCUT2D eigenvalue weighted by atomic mass is 16.5. The summed E-state index contributed by atoms with van der Waals surface area (Å²) in [6.07, 6.45) is 1.88. The van der Waals surface area contributed by atoms with Crippen molar-refractivity contribution in [2.75, 3.05) is 55.7 Å². The average Bonchev–Trinajstić information content (AvgIpc) is 2.71. The van der Waals surface area contributed by atoms with Gasteiger partial charge in [0.2, 0.25) is 5.95 Å². The van der Waals surface area contributed by atoms with E-state index in [2.05, 4.69) is 56.9 Å². The number of anilines is 2. The number of nitrogens with zero attached hydrogens (tertiary/aromatic N) is 5. The molecule has 0 bridgehead atoms. The monoisotopic (exact) mass is 353 g/mol. The Bertz CT molecular complexity index is 704. The third kappa shape index (κ3) is 3.97. The third-order valence-electron chi connectivity index (χ3n) is 5.24. The summed E-state index contributed by atoms with van der Waals surface area (Å²) in [5.41, 5.74) is 1.38. The van der Waals surface area contributed by atoms with Crippen LogP contribution in [0.15, 0.2) is 42.6 Å². The fourth-order valence-corrected chi connectivity index (χ4v) is 3.69. The van der Waals surface area contributed by atoms with Crippen LogP contribution in [0.1, 0.15) is 12.5 Å². The highest BCUT2D eigenvalue weighted by molar-refractivity contribution is 5.44. The molecule has 1 aromatic carbocycles. The van der Waals surface area contributed by atoms with Gasteiger partial charge in [-0.2, -0.15) is 4.98 Å². The van der Waals surface area contributed by atoms with Crippen LogP contribution < -0.4 is 9.80 Å².